The highest BCUT2D eigenvalue weighted by atomic mass is 16.2. The smallest absolute Gasteiger partial charge is 0.228 e. The molecule has 0 saturated carbocycles. The van der Waals surface area contributed by atoms with Gasteiger partial charge in [-0.15, -0.1) is 0 Å². The number of nitrogens with one attached hydrogen (secondary N) is 1. The van der Waals surface area contributed by atoms with Crippen LogP contribution in [0.3, 0.4) is 0 Å². The molecule has 0 aromatic heterocycles. The highest BCUT2D eigenvalue weighted by Crippen LogP contribution is 2.29. The van der Waals surface area contributed by atoms with Crippen molar-refractivity contribution in [3.8, 4) is 0 Å². The molecule has 1 aromatic rings. The number of nitrogens with zero attached hydrogens (tertiary/aromatic N) is 1. The molecule has 1 aromatic carbocycles. The van der Waals surface area contributed by atoms with E-state index in [1.165, 1.54) is 0 Å². The molecule has 1 unspecified atom stereocenters. The number of carbonyl (C=O) groups excluding carboxylic acids is 2. The second-order valence-corrected chi connectivity index (χ2v) is 4.53. The van der Waals surface area contributed by atoms with Gasteiger partial charge in [-0.05, 0) is 23.8 Å². The summed E-state index contributed by atoms with van der Waals surface area (Å²) in [6, 6.07) is 5.49. The molecule has 1 fully saturated rings. The van der Waals surface area contributed by atoms with E-state index in [2.05, 4.69) is 5.32 Å². The van der Waals surface area contributed by atoms with Crippen LogP contribution in [0.2, 0.25) is 0 Å². The standard InChI is InChI=1S/C12H13N3O2/c13-8-5-12(17)15(6-8)9-1-2-10-7(3-9)4-11(16)14-10/h1-3,8H,4-6,13H2,(H,14,16). The second-order valence-electron chi connectivity index (χ2n) is 4.53. The molecule has 5 nitrogen and oxygen atoms in total. The molecule has 2 amide bonds. The first kappa shape index (κ1) is 10.3. The van der Waals surface area contributed by atoms with Crippen molar-refractivity contribution in [1.82, 2.24) is 0 Å². The van der Waals surface area contributed by atoms with E-state index < -0.39 is 0 Å². The lowest BCUT2D eigenvalue weighted by Gasteiger charge is -2.16. The number of fused-ring (bicyclic) bond motifs is 1. The summed E-state index contributed by atoms with van der Waals surface area (Å²) in [6.07, 6.45) is 0.783. The Morgan fingerprint density at radius 2 is 2.18 bits per heavy atom. The van der Waals surface area contributed by atoms with Crippen molar-refractivity contribution in [3.63, 3.8) is 0 Å². The van der Waals surface area contributed by atoms with Gasteiger partial charge in [0.25, 0.3) is 0 Å². The van der Waals surface area contributed by atoms with Gasteiger partial charge in [0.1, 0.15) is 0 Å². The van der Waals surface area contributed by atoms with Crippen LogP contribution in [-0.2, 0) is 16.0 Å². The van der Waals surface area contributed by atoms with Crippen molar-refractivity contribution in [2.45, 2.75) is 18.9 Å². The molecule has 2 aliphatic rings. The number of rotatable bonds is 1. The van der Waals surface area contributed by atoms with Gasteiger partial charge in [-0.1, -0.05) is 0 Å². The highest BCUT2D eigenvalue weighted by molar-refractivity contribution is 6.01. The van der Waals surface area contributed by atoms with Crippen LogP contribution in [0.4, 0.5) is 11.4 Å². The molecule has 1 atom stereocenters. The summed E-state index contributed by atoms with van der Waals surface area (Å²) in [5, 5.41) is 2.77. The molecule has 5 heteroatoms. The SMILES string of the molecule is NC1CC(=O)N(c2ccc3c(c2)CC(=O)N3)C1. The number of anilines is 2. The number of carbonyl (C=O) groups is 2. The van der Waals surface area contributed by atoms with Crippen molar-refractivity contribution in [2.24, 2.45) is 5.73 Å². The van der Waals surface area contributed by atoms with E-state index in [1.807, 2.05) is 18.2 Å². The summed E-state index contributed by atoms with van der Waals surface area (Å²) in [5.41, 5.74) is 8.38. The molecule has 3 N–H and O–H groups in total. The number of hydrogen-bond acceptors (Lipinski definition) is 3. The van der Waals surface area contributed by atoms with Crippen LogP contribution in [0.1, 0.15) is 12.0 Å². The molecule has 17 heavy (non-hydrogen) atoms. The maximum absolute atomic E-state index is 11.7. The molecule has 0 bridgehead atoms. The fourth-order valence-corrected chi connectivity index (χ4v) is 2.37. The Balaban J connectivity index is 1.93. The van der Waals surface area contributed by atoms with Gasteiger partial charge in [0.15, 0.2) is 0 Å². The van der Waals surface area contributed by atoms with E-state index in [0.29, 0.717) is 19.4 Å². The van der Waals surface area contributed by atoms with Gasteiger partial charge in [-0.25, -0.2) is 0 Å². The predicted octanol–water partition coefficient (Wildman–Crippen LogP) is 0.245. The van der Waals surface area contributed by atoms with E-state index >= 15 is 0 Å². The minimum absolute atomic E-state index is 0.00148. The Hall–Kier alpha value is -1.88. The van der Waals surface area contributed by atoms with E-state index in [1.54, 1.807) is 4.90 Å². The van der Waals surface area contributed by atoms with E-state index in [-0.39, 0.29) is 17.9 Å². The fraction of sp³-hybridized carbons (Fsp3) is 0.333. The quantitative estimate of drug-likeness (QED) is 0.727. The molecule has 2 aliphatic heterocycles. The fourth-order valence-electron chi connectivity index (χ4n) is 2.37. The summed E-state index contributed by atoms with van der Waals surface area (Å²) < 4.78 is 0. The minimum atomic E-state index is -0.0875. The van der Waals surface area contributed by atoms with Gasteiger partial charge >= 0.3 is 0 Å². The highest BCUT2D eigenvalue weighted by Gasteiger charge is 2.29. The Labute approximate surface area is 98.6 Å². The summed E-state index contributed by atoms with van der Waals surface area (Å²) in [4.78, 5) is 24.6. The summed E-state index contributed by atoms with van der Waals surface area (Å²) >= 11 is 0. The molecule has 0 radical (unpaired) electrons. The minimum Gasteiger partial charge on any atom is -0.326 e. The van der Waals surface area contributed by atoms with Crippen LogP contribution in [-0.4, -0.2) is 24.4 Å². The van der Waals surface area contributed by atoms with Gasteiger partial charge in [0.05, 0.1) is 6.42 Å². The van der Waals surface area contributed by atoms with Crippen molar-refractivity contribution in [3.05, 3.63) is 23.8 Å². The molecule has 0 spiro atoms. The van der Waals surface area contributed by atoms with E-state index in [9.17, 15) is 9.59 Å². The molecule has 0 aliphatic carbocycles. The lowest BCUT2D eigenvalue weighted by Crippen LogP contribution is -2.27. The molecule has 88 valence electrons. The molecular formula is C12H13N3O2. The first-order chi connectivity index (χ1) is 8.13. The Bertz CT molecular complexity index is 512. The molecule has 1 saturated heterocycles. The van der Waals surface area contributed by atoms with Crippen molar-refractivity contribution < 1.29 is 9.59 Å². The van der Waals surface area contributed by atoms with Gasteiger partial charge < -0.3 is 16.0 Å². The monoisotopic (exact) mass is 231 g/mol. The number of nitrogens with two attached hydrogens (primary N) is 1. The second kappa shape index (κ2) is 3.56. The normalized spacial score (nSPS) is 22.9. The molecular weight excluding hydrogens is 218 g/mol. The topological polar surface area (TPSA) is 75.4 Å². The third-order valence-electron chi connectivity index (χ3n) is 3.18. The maximum Gasteiger partial charge on any atom is 0.228 e. The summed E-state index contributed by atoms with van der Waals surface area (Å²) in [5.74, 6) is 0.0522. The summed E-state index contributed by atoms with van der Waals surface area (Å²) in [7, 11) is 0. The van der Waals surface area contributed by atoms with Crippen LogP contribution in [0, 0.1) is 0 Å². The maximum atomic E-state index is 11.7. The third kappa shape index (κ3) is 1.68. The van der Waals surface area contributed by atoms with Crippen molar-refractivity contribution in [2.75, 3.05) is 16.8 Å². The van der Waals surface area contributed by atoms with Crippen molar-refractivity contribution in [1.29, 1.82) is 0 Å². The largest absolute Gasteiger partial charge is 0.326 e. The van der Waals surface area contributed by atoms with Crippen LogP contribution in [0.25, 0.3) is 0 Å². The van der Waals surface area contributed by atoms with Gasteiger partial charge in [0, 0.05) is 30.4 Å². The molecule has 3 rings (SSSR count). The lowest BCUT2D eigenvalue weighted by atomic mass is 10.1. The van der Waals surface area contributed by atoms with Crippen molar-refractivity contribution >= 4 is 23.2 Å². The van der Waals surface area contributed by atoms with Crippen LogP contribution in [0.15, 0.2) is 18.2 Å². The zero-order valence-electron chi connectivity index (χ0n) is 9.27. The average Bonchev–Trinajstić information content (AvgIpc) is 2.78. The Morgan fingerprint density at radius 1 is 1.35 bits per heavy atom. The predicted molar refractivity (Wildman–Crippen MR) is 63.7 cm³/mol. The van der Waals surface area contributed by atoms with Gasteiger partial charge in [-0.3, -0.25) is 9.59 Å². The number of benzene rings is 1. The van der Waals surface area contributed by atoms with Crippen LogP contribution < -0.4 is 16.0 Å². The Morgan fingerprint density at radius 3 is 2.88 bits per heavy atom. The van der Waals surface area contributed by atoms with Crippen LogP contribution in [0.5, 0.6) is 0 Å². The lowest BCUT2D eigenvalue weighted by molar-refractivity contribution is -0.117. The zero-order chi connectivity index (χ0) is 12.0. The van der Waals surface area contributed by atoms with Gasteiger partial charge in [-0.2, -0.15) is 0 Å². The molecule has 2 heterocycles. The van der Waals surface area contributed by atoms with Crippen LogP contribution >= 0.6 is 0 Å². The van der Waals surface area contributed by atoms with E-state index in [0.717, 1.165) is 16.9 Å². The Kier molecular flexibility index (Phi) is 2.16. The first-order valence-corrected chi connectivity index (χ1v) is 5.62. The average molecular weight is 231 g/mol. The zero-order valence-corrected chi connectivity index (χ0v) is 9.27. The summed E-state index contributed by atoms with van der Waals surface area (Å²) in [6.45, 7) is 0.555. The third-order valence-corrected chi connectivity index (χ3v) is 3.18. The van der Waals surface area contributed by atoms with E-state index in [4.69, 9.17) is 5.73 Å². The number of amides is 2. The number of hydrogen-bond donors (Lipinski definition) is 2. The first-order valence-electron chi connectivity index (χ1n) is 5.62. The van der Waals surface area contributed by atoms with Gasteiger partial charge in [0.2, 0.25) is 11.8 Å².